The molecule has 1 aromatic carbocycles. The fourth-order valence-electron chi connectivity index (χ4n) is 1.07. The summed E-state index contributed by atoms with van der Waals surface area (Å²) >= 11 is 7.52. The standard InChI is InChI=1S/C8H4ClIO3/c9-5-2-7-6(12-3-13-7)1-4(5)8(10)11/h1-2H,3H2. The van der Waals surface area contributed by atoms with Gasteiger partial charge in [-0.05, 0) is 6.07 Å². The normalized spacial score (nSPS) is 13.1. The Bertz CT molecular complexity index is 378. The zero-order chi connectivity index (χ0) is 9.42. The Morgan fingerprint density at radius 3 is 2.62 bits per heavy atom. The number of benzene rings is 1. The molecule has 0 aromatic heterocycles. The lowest BCUT2D eigenvalue weighted by atomic mass is 10.2. The lowest BCUT2D eigenvalue weighted by Crippen LogP contribution is -1.93. The third-order valence-corrected chi connectivity index (χ3v) is 2.57. The maximum atomic E-state index is 11.1. The summed E-state index contributed by atoms with van der Waals surface area (Å²) in [6, 6.07) is 3.19. The molecular formula is C8H4ClIO3. The first kappa shape index (κ1) is 9.08. The Balaban J connectivity index is 2.55. The first-order valence-corrected chi connectivity index (χ1v) is 4.93. The molecule has 1 aliphatic heterocycles. The molecule has 0 saturated heterocycles. The molecule has 0 fully saturated rings. The van der Waals surface area contributed by atoms with Crippen LogP contribution < -0.4 is 9.47 Å². The van der Waals surface area contributed by atoms with E-state index in [1.807, 2.05) is 0 Å². The topological polar surface area (TPSA) is 35.5 Å². The molecule has 0 spiro atoms. The zero-order valence-corrected chi connectivity index (χ0v) is 9.26. The summed E-state index contributed by atoms with van der Waals surface area (Å²) < 4.78 is 10.1. The molecule has 0 bridgehead atoms. The largest absolute Gasteiger partial charge is 0.454 e. The van der Waals surface area contributed by atoms with E-state index < -0.39 is 0 Å². The van der Waals surface area contributed by atoms with E-state index in [1.165, 1.54) is 0 Å². The minimum Gasteiger partial charge on any atom is -0.454 e. The second kappa shape index (κ2) is 3.34. The van der Waals surface area contributed by atoms with Gasteiger partial charge in [0.2, 0.25) is 10.6 Å². The number of carbonyl (C=O) groups is 1. The van der Waals surface area contributed by atoms with Crippen molar-refractivity contribution in [2.45, 2.75) is 0 Å². The molecule has 5 heteroatoms. The predicted molar refractivity (Wildman–Crippen MR) is 55.9 cm³/mol. The molecule has 0 atom stereocenters. The Kier molecular flexibility index (Phi) is 2.33. The highest BCUT2D eigenvalue weighted by Crippen LogP contribution is 2.37. The van der Waals surface area contributed by atoms with Crippen molar-refractivity contribution >= 4 is 38.0 Å². The van der Waals surface area contributed by atoms with Crippen LogP contribution in [0.2, 0.25) is 5.02 Å². The van der Waals surface area contributed by atoms with Crippen molar-refractivity contribution in [3.05, 3.63) is 22.7 Å². The van der Waals surface area contributed by atoms with Crippen molar-refractivity contribution in [1.82, 2.24) is 0 Å². The number of fused-ring (bicyclic) bond motifs is 1. The van der Waals surface area contributed by atoms with E-state index in [1.54, 1.807) is 34.7 Å². The Labute approximate surface area is 93.1 Å². The van der Waals surface area contributed by atoms with Crippen LogP contribution in [0.3, 0.4) is 0 Å². The van der Waals surface area contributed by atoms with E-state index in [0.717, 1.165) is 0 Å². The van der Waals surface area contributed by atoms with Crippen LogP contribution in [0, 0.1) is 0 Å². The summed E-state index contributed by atoms with van der Waals surface area (Å²) in [4.78, 5) is 11.1. The monoisotopic (exact) mass is 310 g/mol. The zero-order valence-electron chi connectivity index (χ0n) is 6.34. The SMILES string of the molecule is O=C(I)c1cc2c(cc1Cl)OCO2. The summed E-state index contributed by atoms with van der Waals surface area (Å²) in [5.41, 5.74) is 0.450. The quantitative estimate of drug-likeness (QED) is 0.591. The Hall–Kier alpha value is -0.490. The summed E-state index contributed by atoms with van der Waals surface area (Å²) in [5.74, 6) is 1.16. The van der Waals surface area contributed by atoms with Gasteiger partial charge in [-0.2, -0.15) is 0 Å². The summed E-state index contributed by atoms with van der Waals surface area (Å²) in [6.07, 6.45) is 0. The van der Waals surface area contributed by atoms with E-state index in [0.29, 0.717) is 22.1 Å². The predicted octanol–water partition coefficient (Wildman–Crippen LogP) is 2.64. The van der Waals surface area contributed by atoms with Crippen molar-refractivity contribution in [1.29, 1.82) is 0 Å². The first-order valence-electron chi connectivity index (χ1n) is 3.47. The molecule has 1 heterocycles. The number of ether oxygens (including phenoxy) is 2. The summed E-state index contributed by atoms with van der Waals surface area (Å²) in [5, 5.41) is 0.392. The van der Waals surface area contributed by atoms with E-state index >= 15 is 0 Å². The van der Waals surface area contributed by atoms with Crippen LogP contribution in [0.4, 0.5) is 0 Å². The van der Waals surface area contributed by atoms with Crippen LogP contribution >= 0.6 is 34.2 Å². The average Bonchev–Trinajstić information content (AvgIpc) is 2.48. The minimum absolute atomic E-state index is 0.110. The number of halogens is 2. The van der Waals surface area contributed by atoms with Gasteiger partial charge in [-0.15, -0.1) is 0 Å². The second-order valence-electron chi connectivity index (χ2n) is 2.46. The Morgan fingerprint density at radius 1 is 1.38 bits per heavy atom. The van der Waals surface area contributed by atoms with E-state index in [2.05, 4.69) is 0 Å². The molecule has 0 amide bonds. The molecule has 68 valence electrons. The highest BCUT2D eigenvalue weighted by molar-refractivity contribution is 14.1. The lowest BCUT2D eigenvalue weighted by molar-refractivity contribution is 0.110. The van der Waals surface area contributed by atoms with Crippen molar-refractivity contribution in [2.24, 2.45) is 0 Å². The number of carbonyl (C=O) groups excluding carboxylic acids is 1. The highest BCUT2D eigenvalue weighted by Gasteiger charge is 2.18. The van der Waals surface area contributed by atoms with Gasteiger partial charge in [-0.25, -0.2) is 0 Å². The lowest BCUT2D eigenvalue weighted by Gasteiger charge is -2.00. The summed E-state index contributed by atoms with van der Waals surface area (Å²) in [7, 11) is 0. The molecule has 0 aliphatic carbocycles. The Morgan fingerprint density at radius 2 is 2.00 bits per heavy atom. The minimum atomic E-state index is -0.110. The van der Waals surface area contributed by atoms with Gasteiger partial charge in [0.05, 0.1) is 10.6 Å². The molecule has 0 saturated carbocycles. The van der Waals surface area contributed by atoms with Crippen LogP contribution in [0.1, 0.15) is 10.4 Å². The van der Waals surface area contributed by atoms with Crippen LogP contribution in [0.25, 0.3) is 0 Å². The molecule has 0 radical (unpaired) electrons. The molecular weight excluding hydrogens is 306 g/mol. The molecule has 0 N–H and O–H groups in total. The van der Waals surface area contributed by atoms with Gasteiger partial charge in [0.25, 0.3) is 0 Å². The molecule has 1 aliphatic rings. The van der Waals surface area contributed by atoms with Crippen LogP contribution in [0.5, 0.6) is 11.5 Å². The van der Waals surface area contributed by atoms with E-state index in [-0.39, 0.29) is 10.6 Å². The van der Waals surface area contributed by atoms with Gasteiger partial charge in [-0.3, -0.25) is 4.79 Å². The van der Waals surface area contributed by atoms with Gasteiger partial charge in [0, 0.05) is 28.7 Å². The van der Waals surface area contributed by atoms with Gasteiger partial charge in [0.1, 0.15) is 0 Å². The maximum absolute atomic E-state index is 11.1. The van der Waals surface area contributed by atoms with E-state index in [9.17, 15) is 4.79 Å². The fraction of sp³-hybridized carbons (Fsp3) is 0.125. The van der Waals surface area contributed by atoms with Gasteiger partial charge in [0.15, 0.2) is 11.5 Å². The highest BCUT2D eigenvalue weighted by atomic mass is 127. The molecule has 2 rings (SSSR count). The van der Waals surface area contributed by atoms with Crippen LogP contribution in [-0.2, 0) is 0 Å². The third-order valence-electron chi connectivity index (χ3n) is 1.67. The van der Waals surface area contributed by atoms with Gasteiger partial charge >= 0.3 is 0 Å². The van der Waals surface area contributed by atoms with Gasteiger partial charge in [-0.1, -0.05) is 11.6 Å². The van der Waals surface area contributed by atoms with Crippen molar-refractivity contribution in [3.8, 4) is 11.5 Å². The number of hydrogen-bond acceptors (Lipinski definition) is 3. The smallest absolute Gasteiger partial charge is 0.231 e. The van der Waals surface area contributed by atoms with Crippen molar-refractivity contribution < 1.29 is 14.3 Å². The summed E-state index contributed by atoms with van der Waals surface area (Å²) in [6.45, 7) is 0.185. The molecule has 0 unspecified atom stereocenters. The second-order valence-corrected chi connectivity index (χ2v) is 3.85. The third kappa shape index (κ3) is 1.60. The van der Waals surface area contributed by atoms with Crippen LogP contribution in [0.15, 0.2) is 12.1 Å². The average molecular weight is 310 g/mol. The van der Waals surface area contributed by atoms with Crippen molar-refractivity contribution in [2.75, 3.05) is 6.79 Å². The molecule has 1 aromatic rings. The van der Waals surface area contributed by atoms with Crippen molar-refractivity contribution in [3.63, 3.8) is 0 Å². The van der Waals surface area contributed by atoms with E-state index in [4.69, 9.17) is 21.1 Å². The van der Waals surface area contributed by atoms with Crippen LogP contribution in [-0.4, -0.2) is 10.6 Å². The fourth-order valence-corrected chi connectivity index (χ4v) is 1.91. The molecule has 13 heavy (non-hydrogen) atoms. The molecule has 3 nitrogen and oxygen atoms in total. The van der Waals surface area contributed by atoms with Gasteiger partial charge < -0.3 is 9.47 Å². The maximum Gasteiger partial charge on any atom is 0.231 e. The number of hydrogen-bond donors (Lipinski definition) is 0. The number of rotatable bonds is 1. The first-order chi connectivity index (χ1) is 6.18.